The topological polar surface area (TPSA) is 29.9 Å². The molecule has 0 amide bonds. The van der Waals surface area contributed by atoms with Gasteiger partial charge in [-0.1, -0.05) is 24.3 Å². The highest BCUT2D eigenvalue weighted by Crippen LogP contribution is 2.33. The van der Waals surface area contributed by atoms with Gasteiger partial charge in [0.1, 0.15) is 0 Å². The highest BCUT2D eigenvalue weighted by molar-refractivity contribution is 5.33. The monoisotopic (exact) mass is 253 g/mol. The SMILES string of the molecule is c1ccc2c(c1)CC(n1cncc1C1CCNC1)C2. The van der Waals surface area contributed by atoms with Crippen LogP contribution in [0.15, 0.2) is 36.8 Å². The maximum absolute atomic E-state index is 4.41. The minimum absolute atomic E-state index is 0.565. The maximum Gasteiger partial charge on any atom is 0.0951 e. The Morgan fingerprint density at radius 3 is 2.63 bits per heavy atom. The molecule has 1 atom stereocenters. The standard InChI is InChI=1S/C16H19N3/c1-2-4-13-8-15(7-12(13)3-1)19-11-18-10-16(19)14-5-6-17-9-14/h1-4,10-11,14-15,17H,5-9H2. The van der Waals surface area contributed by atoms with E-state index in [1.54, 1.807) is 0 Å². The lowest BCUT2D eigenvalue weighted by molar-refractivity contribution is 0.494. The van der Waals surface area contributed by atoms with Crippen molar-refractivity contribution in [2.75, 3.05) is 13.1 Å². The molecule has 0 saturated carbocycles. The Bertz CT molecular complexity index is 556. The molecule has 2 aliphatic rings. The Kier molecular flexibility index (Phi) is 2.66. The van der Waals surface area contributed by atoms with E-state index in [0.717, 1.165) is 25.9 Å². The lowest BCUT2D eigenvalue weighted by Crippen LogP contribution is -2.15. The van der Waals surface area contributed by atoms with Crippen molar-refractivity contribution < 1.29 is 0 Å². The highest BCUT2D eigenvalue weighted by atomic mass is 15.1. The molecule has 1 aliphatic carbocycles. The molecule has 19 heavy (non-hydrogen) atoms. The van der Waals surface area contributed by atoms with Crippen LogP contribution < -0.4 is 5.32 Å². The van der Waals surface area contributed by atoms with Crippen LogP contribution in [0.3, 0.4) is 0 Å². The van der Waals surface area contributed by atoms with E-state index < -0.39 is 0 Å². The summed E-state index contributed by atoms with van der Waals surface area (Å²) in [6.07, 6.45) is 7.65. The van der Waals surface area contributed by atoms with E-state index in [4.69, 9.17) is 0 Å². The molecule has 1 aliphatic heterocycles. The van der Waals surface area contributed by atoms with Crippen molar-refractivity contribution in [1.82, 2.24) is 14.9 Å². The van der Waals surface area contributed by atoms with Crippen LogP contribution in [-0.4, -0.2) is 22.6 Å². The Balaban J connectivity index is 1.63. The molecule has 0 bridgehead atoms. The summed E-state index contributed by atoms with van der Waals surface area (Å²) in [6, 6.07) is 9.40. The number of hydrogen-bond acceptors (Lipinski definition) is 2. The number of hydrogen-bond donors (Lipinski definition) is 1. The van der Waals surface area contributed by atoms with E-state index in [0.29, 0.717) is 12.0 Å². The number of rotatable bonds is 2. The van der Waals surface area contributed by atoms with E-state index in [1.165, 1.54) is 23.2 Å². The first-order valence-electron chi connectivity index (χ1n) is 7.21. The third-order valence-corrected chi connectivity index (χ3v) is 4.60. The summed E-state index contributed by atoms with van der Waals surface area (Å²) in [5.74, 6) is 0.645. The summed E-state index contributed by atoms with van der Waals surface area (Å²) in [5.41, 5.74) is 4.44. The second-order valence-corrected chi connectivity index (χ2v) is 5.75. The Morgan fingerprint density at radius 2 is 1.95 bits per heavy atom. The lowest BCUT2D eigenvalue weighted by Gasteiger charge is -2.18. The fourth-order valence-electron chi connectivity index (χ4n) is 3.58. The molecular formula is C16H19N3. The van der Waals surface area contributed by atoms with Crippen molar-refractivity contribution in [3.05, 3.63) is 53.6 Å². The zero-order chi connectivity index (χ0) is 12.7. The maximum atomic E-state index is 4.41. The van der Waals surface area contributed by atoms with Gasteiger partial charge in [0.2, 0.25) is 0 Å². The quantitative estimate of drug-likeness (QED) is 0.890. The highest BCUT2D eigenvalue weighted by Gasteiger charge is 2.27. The lowest BCUT2D eigenvalue weighted by atomic mass is 10.0. The molecule has 3 heteroatoms. The van der Waals surface area contributed by atoms with Crippen LogP contribution in [0.1, 0.15) is 35.2 Å². The van der Waals surface area contributed by atoms with Gasteiger partial charge in [0.25, 0.3) is 0 Å². The van der Waals surface area contributed by atoms with Gasteiger partial charge in [0.05, 0.1) is 6.33 Å². The average Bonchev–Trinajstić information content (AvgIpc) is 3.17. The molecule has 0 radical (unpaired) electrons. The van der Waals surface area contributed by atoms with Gasteiger partial charge >= 0.3 is 0 Å². The second-order valence-electron chi connectivity index (χ2n) is 5.75. The third kappa shape index (κ3) is 1.89. The van der Waals surface area contributed by atoms with Crippen LogP contribution in [0.5, 0.6) is 0 Å². The fourth-order valence-corrected chi connectivity index (χ4v) is 3.58. The summed E-state index contributed by atoms with van der Waals surface area (Å²) >= 11 is 0. The number of benzene rings is 1. The van der Waals surface area contributed by atoms with E-state index in [9.17, 15) is 0 Å². The van der Waals surface area contributed by atoms with Crippen LogP contribution >= 0.6 is 0 Å². The summed E-state index contributed by atoms with van der Waals surface area (Å²) in [6.45, 7) is 2.24. The zero-order valence-corrected chi connectivity index (χ0v) is 11.0. The van der Waals surface area contributed by atoms with Crippen LogP contribution in [0, 0.1) is 0 Å². The van der Waals surface area contributed by atoms with E-state index >= 15 is 0 Å². The number of nitrogens with one attached hydrogen (secondary N) is 1. The smallest absolute Gasteiger partial charge is 0.0951 e. The molecular weight excluding hydrogens is 234 g/mol. The normalized spacial score (nSPS) is 22.8. The molecule has 4 rings (SSSR count). The van der Waals surface area contributed by atoms with Gasteiger partial charge in [-0.15, -0.1) is 0 Å². The van der Waals surface area contributed by atoms with Crippen molar-refractivity contribution in [3.63, 3.8) is 0 Å². The zero-order valence-electron chi connectivity index (χ0n) is 11.0. The Labute approximate surface area is 113 Å². The molecule has 3 nitrogen and oxygen atoms in total. The van der Waals surface area contributed by atoms with Crippen molar-refractivity contribution >= 4 is 0 Å². The summed E-state index contributed by atoms with van der Waals surface area (Å²) in [7, 11) is 0. The minimum Gasteiger partial charge on any atom is -0.331 e. The van der Waals surface area contributed by atoms with Gasteiger partial charge in [-0.3, -0.25) is 0 Å². The van der Waals surface area contributed by atoms with Gasteiger partial charge in [-0.05, 0) is 36.9 Å². The first kappa shape index (κ1) is 11.2. The van der Waals surface area contributed by atoms with E-state index in [-0.39, 0.29) is 0 Å². The predicted octanol–water partition coefficient (Wildman–Crippen LogP) is 2.30. The first-order chi connectivity index (χ1) is 9.42. The van der Waals surface area contributed by atoms with Gasteiger partial charge in [-0.25, -0.2) is 4.98 Å². The van der Waals surface area contributed by atoms with Crippen molar-refractivity contribution in [2.45, 2.75) is 31.2 Å². The Morgan fingerprint density at radius 1 is 1.16 bits per heavy atom. The summed E-state index contributed by atoms with van der Waals surface area (Å²) in [5, 5.41) is 3.45. The number of fused-ring (bicyclic) bond motifs is 1. The van der Waals surface area contributed by atoms with Crippen LogP contribution in [0.2, 0.25) is 0 Å². The molecule has 2 heterocycles. The minimum atomic E-state index is 0.565. The van der Waals surface area contributed by atoms with Crippen LogP contribution in [0.4, 0.5) is 0 Å². The first-order valence-corrected chi connectivity index (χ1v) is 7.21. The van der Waals surface area contributed by atoms with Crippen molar-refractivity contribution in [3.8, 4) is 0 Å². The fraction of sp³-hybridized carbons (Fsp3) is 0.438. The molecule has 2 aromatic rings. The van der Waals surface area contributed by atoms with Crippen molar-refractivity contribution in [2.24, 2.45) is 0 Å². The molecule has 0 spiro atoms. The molecule has 98 valence electrons. The second kappa shape index (κ2) is 4.49. The molecule has 1 fully saturated rings. The molecule has 1 saturated heterocycles. The summed E-state index contributed by atoms with van der Waals surface area (Å²) in [4.78, 5) is 4.41. The van der Waals surface area contributed by atoms with E-state index in [1.807, 2.05) is 6.33 Å². The van der Waals surface area contributed by atoms with Crippen LogP contribution in [-0.2, 0) is 12.8 Å². The van der Waals surface area contributed by atoms with Gasteiger partial charge < -0.3 is 9.88 Å². The van der Waals surface area contributed by atoms with Gasteiger partial charge in [0, 0.05) is 30.4 Å². The largest absolute Gasteiger partial charge is 0.331 e. The Hall–Kier alpha value is -1.61. The number of aromatic nitrogens is 2. The number of nitrogens with zero attached hydrogens (tertiary/aromatic N) is 2. The molecule has 1 aromatic heterocycles. The van der Waals surface area contributed by atoms with Gasteiger partial charge in [-0.2, -0.15) is 0 Å². The predicted molar refractivity (Wildman–Crippen MR) is 75.3 cm³/mol. The van der Waals surface area contributed by atoms with Crippen LogP contribution in [0.25, 0.3) is 0 Å². The molecule has 1 unspecified atom stereocenters. The number of imidazole rings is 1. The van der Waals surface area contributed by atoms with E-state index in [2.05, 4.69) is 45.3 Å². The van der Waals surface area contributed by atoms with Crippen molar-refractivity contribution in [1.29, 1.82) is 0 Å². The molecule has 1 aromatic carbocycles. The molecule has 1 N–H and O–H groups in total. The summed E-state index contributed by atoms with van der Waals surface area (Å²) < 4.78 is 2.43. The van der Waals surface area contributed by atoms with Gasteiger partial charge in [0.15, 0.2) is 0 Å². The average molecular weight is 253 g/mol. The third-order valence-electron chi connectivity index (χ3n) is 4.60.